The molecule has 0 aliphatic heterocycles. The molecule has 0 atom stereocenters. The minimum atomic E-state index is -0.398. The van der Waals surface area contributed by atoms with Gasteiger partial charge in [0.1, 0.15) is 6.26 Å². The van der Waals surface area contributed by atoms with Gasteiger partial charge in [-0.25, -0.2) is 9.97 Å². The van der Waals surface area contributed by atoms with Crippen LogP contribution in [0.25, 0.3) is 0 Å². The summed E-state index contributed by atoms with van der Waals surface area (Å²) in [4.78, 5) is 19.0. The van der Waals surface area contributed by atoms with Crippen LogP contribution >= 0.6 is 0 Å². The van der Waals surface area contributed by atoms with E-state index in [-0.39, 0.29) is 11.6 Å². The van der Waals surface area contributed by atoms with E-state index < -0.39 is 5.91 Å². The van der Waals surface area contributed by atoms with Gasteiger partial charge < -0.3 is 4.52 Å². The van der Waals surface area contributed by atoms with Crippen LogP contribution in [0.5, 0.6) is 0 Å². The predicted octanol–water partition coefficient (Wildman–Crippen LogP) is 0.717. The Kier molecular flexibility index (Phi) is 2.18. The third kappa shape index (κ3) is 1.74. The number of hydrogen-bond donors (Lipinski definition) is 1. The zero-order chi connectivity index (χ0) is 9.80. The van der Waals surface area contributed by atoms with E-state index in [9.17, 15) is 4.79 Å². The monoisotopic (exact) mass is 190 g/mol. The van der Waals surface area contributed by atoms with Gasteiger partial charge in [-0.15, -0.1) is 0 Å². The molecule has 6 heteroatoms. The quantitative estimate of drug-likeness (QED) is 0.754. The van der Waals surface area contributed by atoms with Crippen LogP contribution in [0.4, 0.5) is 5.95 Å². The number of rotatable bonds is 2. The molecule has 70 valence electrons. The highest BCUT2D eigenvalue weighted by atomic mass is 16.5. The topological polar surface area (TPSA) is 80.9 Å². The van der Waals surface area contributed by atoms with Gasteiger partial charge in [0.2, 0.25) is 5.95 Å². The maximum Gasteiger partial charge on any atom is 0.280 e. The van der Waals surface area contributed by atoms with Crippen molar-refractivity contribution in [1.29, 1.82) is 0 Å². The summed E-state index contributed by atoms with van der Waals surface area (Å²) in [6, 6.07) is 3.12. The second-order valence-corrected chi connectivity index (χ2v) is 2.41. The lowest BCUT2D eigenvalue weighted by molar-refractivity contribution is 0.101. The number of hydrogen-bond acceptors (Lipinski definition) is 5. The number of carbonyl (C=O) groups is 1. The number of aromatic nitrogens is 3. The molecule has 2 aromatic rings. The van der Waals surface area contributed by atoms with E-state index in [4.69, 9.17) is 0 Å². The summed E-state index contributed by atoms with van der Waals surface area (Å²) in [7, 11) is 0. The Morgan fingerprint density at radius 3 is 2.79 bits per heavy atom. The van der Waals surface area contributed by atoms with Crippen molar-refractivity contribution < 1.29 is 9.32 Å². The van der Waals surface area contributed by atoms with Crippen molar-refractivity contribution in [3.05, 3.63) is 36.5 Å². The van der Waals surface area contributed by atoms with E-state index in [2.05, 4.69) is 25.0 Å². The van der Waals surface area contributed by atoms with Gasteiger partial charge in [0.05, 0.1) is 0 Å². The number of carbonyl (C=O) groups excluding carboxylic acids is 1. The molecule has 0 aromatic carbocycles. The Hall–Kier alpha value is -2.24. The van der Waals surface area contributed by atoms with E-state index >= 15 is 0 Å². The molecule has 0 spiro atoms. The van der Waals surface area contributed by atoms with Crippen LogP contribution in [-0.4, -0.2) is 21.0 Å². The van der Waals surface area contributed by atoms with Gasteiger partial charge in [-0.3, -0.25) is 10.1 Å². The Morgan fingerprint density at radius 1 is 1.36 bits per heavy atom. The first-order valence-electron chi connectivity index (χ1n) is 3.85. The van der Waals surface area contributed by atoms with Crippen molar-refractivity contribution >= 4 is 11.9 Å². The minimum Gasteiger partial charge on any atom is -0.364 e. The molecule has 6 nitrogen and oxygen atoms in total. The molecule has 0 radical (unpaired) electrons. The second kappa shape index (κ2) is 3.65. The van der Waals surface area contributed by atoms with Crippen LogP contribution in [0.15, 0.2) is 35.3 Å². The largest absolute Gasteiger partial charge is 0.364 e. The summed E-state index contributed by atoms with van der Waals surface area (Å²) in [5.74, 6) is -0.162. The van der Waals surface area contributed by atoms with Crippen LogP contribution in [-0.2, 0) is 0 Å². The molecule has 0 aliphatic carbocycles. The molecule has 1 amide bonds. The molecule has 2 heterocycles. The van der Waals surface area contributed by atoms with E-state index in [0.29, 0.717) is 0 Å². The van der Waals surface area contributed by atoms with Gasteiger partial charge in [0.15, 0.2) is 5.69 Å². The van der Waals surface area contributed by atoms with Gasteiger partial charge in [0.25, 0.3) is 5.91 Å². The molecule has 0 saturated heterocycles. The van der Waals surface area contributed by atoms with Crippen LogP contribution in [0.3, 0.4) is 0 Å². The minimum absolute atomic E-state index is 0.192. The smallest absolute Gasteiger partial charge is 0.280 e. The molecule has 0 saturated carbocycles. The molecular weight excluding hydrogens is 184 g/mol. The molecule has 0 unspecified atom stereocenters. The fourth-order valence-electron chi connectivity index (χ4n) is 0.859. The van der Waals surface area contributed by atoms with Crippen LogP contribution in [0.2, 0.25) is 0 Å². The lowest BCUT2D eigenvalue weighted by Gasteiger charge is -1.98. The maximum absolute atomic E-state index is 11.4. The zero-order valence-corrected chi connectivity index (χ0v) is 7.04. The average molecular weight is 190 g/mol. The summed E-state index contributed by atoms with van der Waals surface area (Å²) >= 11 is 0. The highest BCUT2D eigenvalue weighted by Crippen LogP contribution is 1.99. The molecule has 0 aliphatic rings. The fourth-order valence-corrected chi connectivity index (χ4v) is 0.859. The molecule has 0 fully saturated rings. The number of nitrogens with one attached hydrogen (secondary N) is 1. The third-order valence-electron chi connectivity index (χ3n) is 1.46. The second-order valence-electron chi connectivity index (χ2n) is 2.41. The molecule has 2 aromatic heterocycles. The summed E-state index contributed by atoms with van der Waals surface area (Å²) in [5.41, 5.74) is 0.192. The molecule has 1 N–H and O–H groups in total. The lowest BCUT2D eigenvalue weighted by atomic mass is 10.4. The maximum atomic E-state index is 11.4. The first-order chi connectivity index (χ1) is 6.86. The fraction of sp³-hybridized carbons (Fsp3) is 0. The summed E-state index contributed by atoms with van der Waals surface area (Å²) in [5, 5.41) is 5.93. The van der Waals surface area contributed by atoms with E-state index in [1.54, 1.807) is 6.07 Å². The SMILES string of the molecule is O=C(Nc1ncccn1)c1ccon1. The van der Waals surface area contributed by atoms with Gasteiger partial charge in [0, 0.05) is 18.5 Å². The van der Waals surface area contributed by atoms with Crippen molar-refractivity contribution in [2.24, 2.45) is 0 Å². The lowest BCUT2D eigenvalue weighted by Crippen LogP contribution is -2.14. The summed E-state index contributed by atoms with van der Waals surface area (Å²) < 4.78 is 4.52. The summed E-state index contributed by atoms with van der Waals surface area (Å²) in [6.45, 7) is 0. The van der Waals surface area contributed by atoms with Gasteiger partial charge >= 0.3 is 0 Å². The highest BCUT2D eigenvalue weighted by Gasteiger charge is 2.09. The first-order valence-corrected chi connectivity index (χ1v) is 3.85. The van der Waals surface area contributed by atoms with Crippen molar-refractivity contribution in [3.63, 3.8) is 0 Å². The van der Waals surface area contributed by atoms with Gasteiger partial charge in [-0.2, -0.15) is 0 Å². The number of amides is 1. The standard InChI is InChI=1S/C8H6N4O2/c13-7(6-2-5-14-12-6)11-8-9-3-1-4-10-8/h1-5H,(H,9,10,11,13). The Balaban J connectivity index is 2.10. The predicted molar refractivity (Wildman–Crippen MR) is 46.5 cm³/mol. The van der Waals surface area contributed by atoms with Crippen molar-refractivity contribution in [2.75, 3.05) is 5.32 Å². The first kappa shape index (κ1) is 8.36. The van der Waals surface area contributed by atoms with E-state index in [1.807, 2.05) is 0 Å². The average Bonchev–Trinajstić information content (AvgIpc) is 2.72. The zero-order valence-electron chi connectivity index (χ0n) is 7.04. The number of anilines is 1. The Bertz CT molecular complexity index is 412. The van der Waals surface area contributed by atoms with E-state index in [0.717, 1.165) is 0 Å². The number of nitrogens with zero attached hydrogens (tertiary/aromatic N) is 3. The Morgan fingerprint density at radius 2 is 2.14 bits per heavy atom. The van der Waals surface area contributed by atoms with Crippen LogP contribution in [0.1, 0.15) is 10.5 Å². The Labute approximate surface area is 79.0 Å². The van der Waals surface area contributed by atoms with Crippen molar-refractivity contribution in [3.8, 4) is 0 Å². The highest BCUT2D eigenvalue weighted by molar-refractivity contribution is 6.01. The summed E-state index contributed by atoms with van der Waals surface area (Å²) in [6.07, 6.45) is 4.39. The normalized spacial score (nSPS) is 9.71. The van der Waals surface area contributed by atoms with Gasteiger partial charge in [-0.05, 0) is 6.07 Å². The van der Waals surface area contributed by atoms with Crippen LogP contribution in [0, 0.1) is 0 Å². The molecule has 14 heavy (non-hydrogen) atoms. The molecule has 2 rings (SSSR count). The van der Waals surface area contributed by atoms with Crippen LogP contribution < -0.4 is 5.32 Å². The van der Waals surface area contributed by atoms with Crippen molar-refractivity contribution in [2.45, 2.75) is 0 Å². The molecular formula is C8H6N4O2. The van der Waals surface area contributed by atoms with E-state index in [1.165, 1.54) is 24.7 Å². The van der Waals surface area contributed by atoms with Gasteiger partial charge in [-0.1, -0.05) is 5.16 Å². The molecule has 0 bridgehead atoms. The third-order valence-corrected chi connectivity index (χ3v) is 1.46. The van der Waals surface area contributed by atoms with Crippen molar-refractivity contribution in [1.82, 2.24) is 15.1 Å².